The van der Waals surface area contributed by atoms with Gasteiger partial charge in [-0.05, 0) is 32.3 Å². The zero-order chi connectivity index (χ0) is 23.8. The average molecular weight is 450 g/mol. The molecule has 0 radical (unpaired) electrons. The molecule has 3 heterocycles. The molecule has 8 nitrogen and oxygen atoms in total. The van der Waals surface area contributed by atoms with Crippen molar-refractivity contribution in [3.63, 3.8) is 0 Å². The van der Waals surface area contributed by atoms with Crippen LogP contribution in [0, 0.1) is 5.92 Å². The van der Waals surface area contributed by atoms with Crippen LogP contribution in [0.25, 0.3) is 5.65 Å². The third kappa shape index (κ3) is 4.90. The Morgan fingerprint density at radius 2 is 1.91 bits per heavy atom. The summed E-state index contributed by atoms with van der Waals surface area (Å²) in [6, 6.07) is 10.8. The largest absolute Gasteiger partial charge is 0.386 e. The van der Waals surface area contributed by atoms with Crippen LogP contribution in [0.2, 0.25) is 0 Å². The Labute approximate surface area is 193 Å². The number of ketones is 1. The summed E-state index contributed by atoms with van der Waals surface area (Å²) in [6.07, 6.45) is 3.63. The number of aromatic nitrogens is 3. The molecule has 0 saturated carbocycles. The average Bonchev–Trinajstić information content (AvgIpc) is 3.26. The van der Waals surface area contributed by atoms with Gasteiger partial charge < -0.3 is 14.9 Å². The number of amides is 1. The standard InChI is InChI=1S/C25H31N5O3/c1-25(2,33)19-9-7-17(8-10-19)21(31)14-20-15-23(30-22(27-20)11-12-26-30)29-13-5-6-18(16-29)24(32)28(3)4/h7-12,15,18,33H,5-6,13-14,16H2,1-4H3/t18-/m1/s1. The van der Waals surface area contributed by atoms with Crippen LogP contribution in [0.4, 0.5) is 5.82 Å². The first kappa shape index (κ1) is 22.9. The predicted octanol–water partition coefficient (Wildman–Crippen LogP) is 2.69. The van der Waals surface area contributed by atoms with E-state index in [2.05, 4.69) is 15.0 Å². The second-order valence-corrected chi connectivity index (χ2v) is 9.46. The van der Waals surface area contributed by atoms with Gasteiger partial charge in [0.2, 0.25) is 5.91 Å². The molecule has 0 bridgehead atoms. The fourth-order valence-electron chi connectivity index (χ4n) is 4.35. The third-order valence-corrected chi connectivity index (χ3v) is 6.18. The maximum Gasteiger partial charge on any atom is 0.226 e. The summed E-state index contributed by atoms with van der Waals surface area (Å²) in [5.74, 6) is 0.877. The Bertz CT molecular complexity index is 1160. The van der Waals surface area contributed by atoms with Gasteiger partial charge in [0.05, 0.1) is 29.8 Å². The Morgan fingerprint density at radius 3 is 2.58 bits per heavy atom. The van der Waals surface area contributed by atoms with Crippen LogP contribution in [-0.2, 0) is 16.8 Å². The van der Waals surface area contributed by atoms with Crippen LogP contribution < -0.4 is 4.90 Å². The SMILES string of the molecule is CN(C)C(=O)[C@@H]1CCCN(c2cc(CC(=O)c3ccc(C(C)(C)O)cc3)nc3ccnn23)C1. The highest BCUT2D eigenvalue weighted by Gasteiger charge is 2.28. The van der Waals surface area contributed by atoms with Crippen molar-refractivity contribution in [3.05, 3.63) is 59.4 Å². The fraction of sp³-hybridized carbons (Fsp3) is 0.440. The molecule has 0 aliphatic carbocycles. The monoisotopic (exact) mass is 449 g/mol. The fourth-order valence-corrected chi connectivity index (χ4v) is 4.35. The minimum Gasteiger partial charge on any atom is -0.386 e. The van der Waals surface area contributed by atoms with Crippen molar-refractivity contribution in [2.75, 3.05) is 32.1 Å². The number of carbonyl (C=O) groups excluding carboxylic acids is 2. The summed E-state index contributed by atoms with van der Waals surface area (Å²) >= 11 is 0. The van der Waals surface area contributed by atoms with E-state index in [0.717, 1.165) is 30.8 Å². The minimum atomic E-state index is -0.953. The van der Waals surface area contributed by atoms with Gasteiger partial charge in [0.25, 0.3) is 0 Å². The molecule has 1 N–H and O–H groups in total. The van der Waals surface area contributed by atoms with Gasteiger partial charge in [-0.15, -0.1) is 0 Å². The van der Waals surface area contributed by atoms with Gasteiger partial charge in [-0.1, -0.05) is 24.3 Å². The van der Waals surface area contributed by atoms with Gasteiger partial charge in [-0.3, -0.25) is 9.59 Å². The Hall–Kier alpha value is -3.26. The first-order valence-corrected chi connectivity index (χ1v) is 11.3. The molecule has 1 atom stereocenters. The maximum atomic E-state index is 13.0. The number of rotatable bonds is 6. The number of fused-ring (bicyclic) bond motifs is 1. The van der Waals surface area contributed by atoms with Crippen molar-refractivity contribution in [3.8, 4) is 0 Å². The normalized spacial score (nSPS) is 16.8. The molecule has 1 aromatic carbocycles. The lowest BCUT2D eigenvalue weighted by molar-refractivity contribution is -0.133. The quantitative estimate of drug-likeness (QED) is 0.582. The molecule has 1 aliphatic rings. The molecule has 3 aromatic rings. The summed E-state index contributed by atoms with van der Waals surface area (Å²) < 4.78 is 1.77. The number of hydrogen-bond acceptors (Lipinski definition) is 6. The molecule has 1 saturated heterocycles. The van der Waals surface area contributed by atoms with E-state index in [-0.39, 0.29) is 24.0 Å². The van der Waals surface area contributed by atoms with E-state index in [9.17, 15) is 14.7 Å². The summed E-state index contributed by atoms with van der Waals surface area (Å²) in [7, 11) is 3.58. The molecule has 33 heavy (non-hydrogen) atoms. The Kier molecular flexibility index (Phi) is 6.21. The van der Waals surface area contributed by atoms with Crippen molar-refractivity contribution in [2.24, 2.45) is 5.92 Å². The molecule has 1 aliphatic heterocycles. The van der Waals surface area contributed by atoms with Crippen LogP contribution in [-0.4, -0.2) is 63.5 Å². The second kappa shape index (κ2) is 8.94. The van der Waals surface area contributed by atoms with Gasteiger partial charge in [0, 0.05) is 44.9 Å². The lowest BCUT2D eigenvalue weighted by atomic mass is 9.95. The summed E-state index contributed by atoms with van der Waals surface area (Å²) in [5.41, 5.74) is 1.72. The number of anilines is 1. The summed E-state index contributed by atoms with van der Waals surface area (Å²) in [5, 5.41) is 14.6. The number of carbonyl (C=O) groups is 2. The van der Waals surface area contributed by atoms with Crippen molar-refractivity contribution >= 4 is 23.2 Å². The first-order chi connectivity index (χ1) is 15.6. The van der Waals surface area contributed by atoms with Crippen LogP contribution in [0.5, 0.6) is 0 Å². The van der Waals surface area contributed by atoms with E-state index in [1.807, 2.05) is 12.1 Å². The Balaban J connectivity index is 1.59. The van der Waals surface area contributed by atoms with Crippen LogP contribution >= 0.6 is 0 Å². The van der Waals surface area contributed by atoms with Gasteiger partial charge >= 0.3 is 0 Å². The van der Waals surface area contributed by atoms with Crippen molar-refractivity contribution in [1.29, 1.82) is 0 Å². The minimum absolute atomic E-state index is 0.0427. The van der Waals surface area contributed by atoms with Crippen LogP contribution in [0.1, 0.15) is 48.3 Å². The van der Waals surface area contributed by atoms with E-state index in [1.165, 1.54) is 0 Å². The Morgan fingerprint density at radius 1 is 1.18 bits per heavy atom. The van der Waals surface area contributed by atoms with E-state index in [4.69, 9.17) is 0 Å². The zero-order valence-electron chi connectivity index (χ0n) is 19.7. The molecule has 174 valence electrons. The van der Waals surface area contributed by atoms with Gasteiger partial charge in [-0.25, -0.2) is 4.98 Å². The predicted molar refractivity (Wildman–Crippen MR) is 126 cm³/mol. The highest BCUT2D eigenvalue weighted by atomic mass is 16.3. The molecule has 1 amide bonds. The molecule has 2 aromatic heterocycles. The number of piperidine rings is 1. The van der Waals surface area contributed by atoms with E-state index >= 15 is 0 Å². The van der Waals surface area contributed by atoms with Crippen LogP contribution in [0.15, 0.2) is 42.6 Å². The van der Waals surface area contributed by atoms with E-state index in [0.29, 0.717) is 23.4 Å². The van der Waals surface area contributed by atoms with Crippen molar-refractivity contribution in [2.45, 2.75) is 38.7 Å². The molecule has 0 unspecified atom stereocenters. The summed E-state index contributed by atoms with van der Waals surface area (Å²) in [6.45, 7) is 4.87. The summed E-state index contributed by atoms with van der Waals surface area (Å²) in [4.78, 5) is 34.0. The molecule has 8 heteroatoms. The van der Waals surface area contributed by atoms with E-state index < -0.39 is 5.60 Å². The van der Waals surface area contributed by atoms with Crippen LogP contribution in [0.3, 0.4) is 0 Å². The van der Waals surface area contributed by atoms with Crippen molar-refractivity contribution in [1.82, 2.24) is 19.5 Å². The second-order valence-electron chi connectivity index (χ2n) is 9.46. The maximum absolute atomic E-state index is 13.0. The first-order valence-electron chi connectivity index (χ1n) is 11.3. The zero-order valence-corrected chi connectivity index (χ0v) is 19.7. The molecular weight excluding hydrogens is 418 g/mol. The van der Waals surface area contributed by atoms with Gasteiger partial charge in [0.1, 0.15) is 5.82 Å². The third-order valence-electron chi connectivity index (χ3n) is 6.18. The van der Waals surface area contributed by atoms with Gasteiger partial charge in [-0.2, -0.15) is 9.61 Å². The number of nitrogens with zero attached hydrogens (tertiary/aromatic N) is 5. The smallest absolute Gasteiger partial charge is 0.226 e. The lowest BCUT2D eigenvalue weighted by Crippen LogP contribution is -2.43. The molecule has 4 rings (SSSR count). The molecule has 1 fully saturated rings. The molecular formula is C25H31N5O3. The van der Waals surface area contributed by atoms with Crippen molar-refractivity contribution < 1.29 is 14.7 Å². The highest BCUT2D eigenvalue weighted by molar-refractivity contribution is 5.97. The number of hydrogen-bond donors (Lipinski definition) is 1. The highest BCUT2D eigenvalue weighted by Crippen LogP contribution is 2.26. The lowest BCUT2D eigenvalue weighted by Gasteiger charge is -2.34. The van der Waals surface area contributed by atoms with E-state index in [1.54, 1.807) is 67.8 Å². The topological polar surface area (TPSA) is 91.0 Å². The number of Topliss-reactive ketones (excluding diaryl/α,β-unsaturated/α-hetero) is 1. The molecule has 0 spiro atoms. The number of aliphatic hydroxyl groups is 1. The number of benzene rings is 1. The van der Waals surface area contributed by atoms with Gasteiger partial charge in [0.15, 0.2) is 11.4 Å².